The van der Waals surface area contributed by atoms with Crippen LogP contribution in [0, 0.1) is 42.0 Å². The van der Waals surface area contributed by atoms with E-state index < -0.39 is 86.2 Å². The smallest absolute Gasteiger partial charge is 0.306 e. The van der Waals surface area contributed by atoms with Crippen molar-refractivity contribution in [3.63, 3.8) is 0 Å². The number of imidazole rings is 1. The van der Waals surface area contributed by atoms with Crippen molar-refractivity contribution in [2.24, 2.45) is 7.05 Å². The monoisotopic (exact) mass is 1370 g/mol. The second-order valence-corrected chi connectivity index (χ2v) is 30.6. The number of carbonyl (C=O) groups is 1. The Morgan fingerprint density at radius 2 is 0.956 bits per heavy atom. The van der Waals surface area contributed by atoms with Gasteiger partial charge < -0.3 is 26.7 Å². The SMILES string of the molecule is CNc1ccc(CS(C)(=O)=O)cc1N.CNc1ccc(CS(C)(=O)=O)cc1[N+](=O)[O-].CS(=O)(=O)Cc1ccc(F)c([N+](=O)[O-])c1.CS(=O)(=O)Cl.Cn1c(-c2cccnc2)nc2cc(CS(C)(=O)=O)ccc21.Nc1ccc(F)c([N+](=O)[O-])c1.O=Cc1cccnc1. The van der Waals surface area contributed by atoms with Crippen LogP contribution < -0.4 is 22.1 Å². The molecule has 8 rings (SSSR count). The molecule has 36 heteroatoms. The van der Waals surface area contributed by atoms with Crippen molar-refractivity contribution >= 4 is 116 Å². The molecule has 0 saturated carbocycles. The molecule has 28 nitrogen and oxygen atoms in total. The van der Waals surface area contributed by atoms with E-state index in [1.54, 1.807) is 69.1 Å². The summed E-state index contributed by atoms with van der Waals surface area (Å²) in [5, 5.41) is 36.7. The largest absolute Gasteiger partial charge is 0.399 e. The molecular formula is C54H62ClF2N11O17S5. The van der Waals surface area contributed by atoms with E-state index in [0.29, 0.717) is 28.1 Å². The van der Waals surface area contributed by atoms with Crippen molar-refractivity contribution in [2.75, 3.05) is 67.5 Å². The van der Waals surface area contributed by atoms with Gasteiger partial charge in [0, 0.05) is 117 Å². The van der Waals surface area contributed by atoms with Gasteiger partial charge in [0.2, 0.25) is 20.7 Å². The summed E-state index contributed by atoms with van der Waals surface area (Å²) in [6, 6.07) is 28.6. The summed E-state index contributed by atoms with van der Waals surface area (Å²) in [5.74, 6) is -1.51. The number of nitrogens with two attached hydrogens (primary N) is 2. The molecule has 6 N–H and O–H groups in total. The van der Waals surface area contributed by atoms with Crippen LogP contribution in [0.3, 0.4) is 0 Å². The first-order chi connectivity index (χ1) is 41.5. The number of hydrogen-bond acceptors (Lipinski definition) is 24. The molecule has 486 valence electrons. The molecule has 0 radical (unpaired) electrons. The predicted octanol–water partition coefficient (Wildman–Crippen LogP) is 7.89. The van der Waals surface area contributed by atoms with Crippen LogP contribution in [0.15, 0.2) is 140 Å². The number of sulfone groups is 4. The number of benzene rings is 5. The maximum atomic E-state index is 12.9. The number of nitrogen functional groups attached to an aromatic ring is 2. The Hall–Kier alpha value is -9.16. The molecule has 0 aliphatic heterocycles. The number of nitro benzene ring substituents is 3. The number of nitro groups is 3. The third-order valence-electron chi connectivity index (χ3n) is 10.7. The number of carbonyl (C=O) groups excluding carboxylic acids is 1. The number of pyridine rings is 2. The van der Waals surface area contributed by atoms with Gasteiger partial charge in [-0.2, -0.15) is 8.78 Å². The topological polar surface area (TPSA) is 437 Å². The zero-order valence-corrected chi connectivity index (χ0v) is 53.9. The molecule has 0 aliphatic rings. The first kappa shape index (κ1) is 76.9. The number of fused-ring (bicyclic) bond motifs is 1. The Morgan fingerprint density at radius 3 is 1.34 bits per heavy atom. The number of hydrogen-bond donors (Lipinski definition) is 4. The summed E-state index contributed by atoms with van der Waals surface area (Å²) in [7, 11) is -5.92. The van der Waals surface area contributed by atoms with Crippen LogP contribution in [0.5, 0.6) is 0 Å². The zero-order chi connectivity index (χ0) is 68.5. The third kappa shape index (κ3) is 30.2. The van der Waals surface area contributed by atoms with Crippen molar-refractivity contribution in [1.82, 2.24) is 19.5 Å². The van der Waals surface area contributed by atoms with Crippen molar-refractivity contribution in [3.8, 4) is 11.4 Å². The summed E-state index contributed by atoms with van der Waals surface area (Å²) < 4.78 is 135. The normalized spacial score (nSPS) is 11.0. The van der Waals surface area contributed by atoms with Gasteiger partial charge in [-0.15, -0.1) is 0 Å². The summed E-state index contributed by atoms with van der Waals surface area (Å²) in [6.45, 7) is 0. The average molecular weight is 1370 g/mol. The van der Waals surface area contributed by atoms with Crippen molar-refractivity contribution in [3.05, 3.63) is 210 Å². The maximum absolute atomic E-state index is 12.9. The molecule has 3 heterocycles. The van der Waals surface area contributed by atoms with Crippen LogP contribution in [-0.2, 0) is 78.5 Å². The highest BCUT2D eigenvalue weighted by atomic mass is 35.7. The Labute approximate surface area is 521 Å². The van der Waals surface area contributed by atoms with Crippen LogP contribution in [0.1, 0.15) is 32.6 Å². The second-order valence-electron chi connectivity index (χ2n) is 19.0. The zero-order valence-electron chi connectivity index (χ0n) is 49.1. The molecule has 0 fully saturated rings. The van der Waals surface area contributed by atoms with Crippen molar-refractivity contribution < 1.29 is 70.4 Å². The van der Waals surface area contributed by atoms with E-state index in [1.165, 1.54) is 43.0 Å². The van der Waals surface area contributed by atoms with Crippen LogP contribution in [-0.4, -0.2) is 128 Å². The lowest BCUT2D eigenvalue weighted by Crippen LogP contribution is -2.03. The molecule has 0 spiro atoms. The maximum Gasteiger partial charge on any atom is 0.306 e. The fraction of sp³-hybridized carbons (Fsp3) is 0.222. The van der Waals surface area contributed by atoms with Gasteiger partial charge >= 0.3 is 11.4 Å². The van der Waals surface area contributed by atoms with Crippen molar-refractivity contribution in [1.29, 1.82) is 0 Å². The van der Waals surface area contributed by atoms with Gasteiger partial charge in [-0.1, -0.05) is 24.3 Å². The minimum absolute atomic E-state index is 0.0290. The van der Waals surface area contributed by atoms with E-state index >= 15 is 0 Å². The molecule has 3 aromatic heterocycles. The number of rotatable bonds is 15. The Kier molecular flexibility index (Phi) is 29.5. The molecule has 8 aromatic rings. The van der Waals surface area contributed by atoms with Gasteiger partial charge in [-0.25, -0.2) is 47.1 Å². The standard InChI is InChI=1S/C15H15N3O2S.C9H12N2O4S.C9H14N2O2S.C8H8FNO4S.C6H5FN2O2.C6H5NO.CH3ClO2S/c1-18-14-6-5-11(10-21(2,19)20)8-13(14)17-15(18)12-4-3-7-16-9-12;1-10-8-4-3-7(6-16(2,14)15)5-9(8)11(12)13;1-11-9-4-3-7(5-8(9)10)6-14(2,12)13;1-15(13,14)5-6-2-3-7(9)8(4-6)10(11)12;7-5-2-1-4(8)3-6(5)9(10)11;8-5-6-2-1-3-7-4-6;1-5(2,3)4/h3-9H,10H2,1-2H3;3-5,10H,6H2,1-2H3;3-5,11H,6,10H2,1-2H3;2-4H,5H2,1H3;1-3H,8H2;1-5H;1H3. The lowest BCUT2D eigenvalue weighted by atomic mass is 10.2. The van der Waals surface area contributed by atoms with E-state index in [-0.39, 0.29) is 39.9 Å². The van der Waals surface area contributed by atoms with Crippen LogP contribution in [0.4, 0.5) is 48.6 Å². The third-order valence-corrected chi connectivity index (χ3v) is 14.1. The molecule has 0 aliphatic carbocycles. The van der Waals surface area contributed by atoms with E-state index in [4.69, 9.17) is 11.5 Å². The highest BCUT2D eigenvalue weighted by molar-refractivity contribution is 8.13. The molecular weight excluding hydrogens is 1310 g/mol. The average Bonchev–Trinajstić information content (AvgIpc) is 1.67. The number of anilines is 4. The predicted molar refractivity (Wildman–Crippen MR) is 342 cm³/mol. The summed E-state index contributed by atoms with van der Waals surface area (Å²) in [6.07, 6.45) is 12.9. The Balaban J connectivity index is 0.000000369. The van der Waals surface area contributed by atoms with E-state index in [0.717, 1.165) is 83.0 Å². The number of aryl methyl sites for hydroxylation is 1. The van der Waals surface area contributed by atoms with E-state index in [1.807, 2.05) is 41.9 Å². The Bertz CT molecular complexity index is 4400. The first-order valence-corrected chi connectivity index (χ1v) is 35.9. The Morgan fingerprint density at radius 1 is 0.556 bits per heavy atom. The fourth-order valence-electron chi connectivity index (χ4n) is 7.16. The molecule has 5 aromatic carbocycles. The highest BCUT2D eigenvalue weighted by Gasteiger charge is 2.18. The van der Waals surface area contributed by atoms with Gasteiger partial charge in [0.1, 0.15) is 11.5 Å². The summed E-state index contributed by atoms with van der Waals surface area (Å²) in [4.78, 5) is 51.3. The summed E-state index contributed by atoms with van der Waals surface area (Å²) >= 11 is 0. The minimum atomic E-state index is -3.28. The minimum Gasteiger partial charge on any atom is -0.399 e. The second kappa shape index (κ2) is 34.6. The number of aromatic nitrogens is 4. The number of halogens is 3. The van der Waals surface area contributed by atoms with Gasteiger partial charge in [-0.05, 0) is 95.1 Å². The molecule has 0 atom stereocenters. The fourth-order valence-corrected chi connectivity index (χ4v) is 10.3. The van der Waals surface area contributed by atoms with Gasteiger partial charge in [0.05, 0.1) is 66.4 Å². The lowest BCUT2D eigenvalue weighted by Gasteiger charge is -2.06. The molecule has 0 unspecified atom stereocenters. The molecule has 90 heavy (non-hydrogen) atoms. The van der Waals surface area contributed by atoms with Crippen molar-refractivity contribution in [2.45, 2.75) is 23.0 Å². The number of nitrogens with one attached hydrogen (secondary N) is 2. The van der Waals surface area contributed by atoms with Crippen LogP contribution in [0.25, 0.3) is 22.4 Å². The van der Waals surface area contributed by atoms with Gasteiger partial charge in [-0.3, -0.25) is 45.1 Å². The van der Waals surface area contributed by atoms with E-state index in [9.17, 15) is 86.0 Å². The molecule has 0 saturated heterocycles. The number of nitrogens with zero attached hydrogens (tertiary/aromatic N) is 7. The highest BCUT2D eigenvalue weighted by Crippen LogP contribution is 2.27. The van der Waals surface area contributed by atoms with Gasteiger partial charge in [0.25, 0.3) is 5.69 Å². The number of aldehydes is 1. The van der Waals surface area contributed by atoms with E-state index in [2.05, 4.69) is 36.3 Å². The lowest BCUT2D eigenvalue weighted by molar-refractivity contribution is -0.387. The molecule has 0 amide bonds. The van der Waals surface area contributed by atoms with Crippen LogP contribution >= 0.6 is 10.7 Å². The quantitative estimate of drug-likeness (QED) is 0.0249. The van der Waals surface area contributed by atoms with Crippen LogP contribution in [0.2, 0.25) is 0 Å². The molecule has 0 bridgehead atoms. The van der Waals surface area contributed by atoms with Gasteiger partial charge in [0.15, 0.2) is 45.6 Å². The first-order valence-electron chi connectivity index (χ1n) is 25.0. The summed E-state index contributed by atoms with van der Waals surface area (Å²) in [5.41, 5.74) is 16.8.